The molecule has 2 N–H and O–H groups in total. The second-order valence-electron chi connectivity index (χ2n) is 7.12. The molecule has 0 aromatic carbocycles. The van der Waals surface area contributed by atoms with Crippen molar-refractivity contribution >= 4 is 28.3 Å². The maximum absolute atomic E-state index is 12.6. The van der Waals surface area contributed by atoms with E-state index in [9.17, 15) is 18.3 Å². The summed E-state index contributed by atoms with van der Waals surface area (Å²) in [5.41, 5.74) is -0.710. The number of β-amino-alcohol motifs (C(OH)–C–C–N with tert-alkyl or cyclic N) is 1. The first kappa shape index (κ1) is 19.9. The van der Waals surface area contributed by atoms with Crippen LogP contribution in [0.1, 0.15) is 32.1 Å². The zero-order chi connectivity index (χ0) is 16.7. The van der Waals surface area contributed by atoms with Crippen LogP contribution < -0.4 is 5.32 Å². The van der Waals surface area contributed by atoms with Crippen LogP contribution in [0.4, 0.5) is 0 Å². The van der Waals surface area contributed by atoms with Gasteiger partial charge in [0.15, 0.2) is 0 Å². The van der Waals surface area contributed by atoms with E-state index < -0.39 is 21.7 Å². The molecule has 0 aromatic heterocycles. The Morgan fingerprint density at radius 3 is 2.46 bits per heavy atom. The Balaban J connectivity index is 0.00000208. The molecular formula is C15H28ClN3O4S. The van der Waals surface area contributed by atoms with Crippen molar-refractivity contribution in [3.8, 4) is 0 Å². The largest absolute Gasteiger partial charge is 0.389 e. The van der Waals surface area contributed by atoms with Gasteiger partial charge < -0.3 is 15.3 Å². The van der Waals surface area contributed by atoms with Crippen molar-refractivity contribution in [1.82, 2.24) is 14.5 Å². The third kappa shape index (κ3) is 3.58. The zero-order valence-corrected chi connectivity index (χ0v) is 15.7. The summed E-state index contributed by atoms with van der Waals surface area (Å²) in [6, 6.07) is 0. The minimum atomic E-state index is -3.34. The standard InChI is InChI=1S/C15H27N3O4S.ClH/c1-23(21,22)18-9-2-5-15(18)6-10-17(11-13(15)19)14(20)12-3-7-16-8-4-12;/h12-13,16,19H,2-11H2,1H3;1H/t13-,15-;/m0./s1. The number of rotatable bonds is 2. The second-order valence-corrected chi connectivity index (χ2v) is 9.02. The number of nitrogens with one attached hydrogen (secondary N) is 1. The Hall–Kier alpha value is -0.410. The summed E-state index contributed by atoms with van der Waals surface area (Å²) in [6.07, 6.45) is 4.05. The van der Waals surface area contributed by atoms with Crippen LogP contribution in [0.15, 0.2) is 0 Å². The number of sulfonamides is 1. The van der Waals surface area contributed by atoms with Gasteiger partial charge in [-0.2, -0.15) is 4.31 Å². The molecule has 3 saturated heterocycles. The van der Waals surface area contributed by atoms with E-state index >= 15 is 0 Å². The van der Waals surface area contributed by atoms with Gasteiger partial charge in [-0.05, 0) is 45.2 Å². The Bertz CT molecular complexity index is 567. The van der Waals surface area contributed by atoms with Crippen molar-refractivity contribution in [2.75, 3.05) is 39.0 Å². The molecule has 0 bridgehead atoms. The first-order valence-electron chi connectivity index (χ1n) is 8.50. The van der Waals surface area contributed by atoms with Gasteiger partial charge in [0.25, 0.3) is 0 Å². The lowest BCUT2D eigenvalue weighted by Crippen LogP contribution is -2.63. The molecule has 3 aliphatic heterocycles. The van der Waals surface area contributed by atoms with Gasteiger partial charge in [-0.25, -0.2) is 8.42 Å². The average Bonchev–Trinajstić information content (AvgIpc) is 2.95. The molecule has 0 saturated carbocycles. The van der Waals surface area contributed by atoms with Crippen molar-refractivity contribution in [2.45, 2.75) is 43.7 Å². The molecule has 2 atom stereocenters. The van der Waals surface area contributed by atoms with E-state index in [0.717, 1.165) is 32.4 Å². The van der Waals surface area contributed by atoms with E-state index in [-0.39, 0.29) is 30.8 Å². The molecule has 24 heavy (non-hydrogen) atoms. The summed E-state index contributed by atoms with van der Waals surface area (Å²) in [4.78, 5) is 14.4. The van der Waals surface area contributed by atoms with E-state index in [2.05, 4.69) is 5.32 Å². The van der Waals surface area contributed by atoms with E-state index in [1.807, 2.05) is 0 Å². The van der Waals surface area contributed by atoms with Gasteiger partial charge in [-0.3, -0.25) is 4.79 Å². The molecular weight excluding hydrogens is 354 g/mol. The van der Waals surface area contributed by atoms with Crippen LogP contribution in [0.3, 0.4) is 0 Å². The van der Waals surface area contributed by atoms with Crippen LogP contribution in [0.5, 0.6) is 0 Å². The van der Waals surface area contributed by atoms with Crippen molar-refractivity contribution in [1.29, 1.82) is 0 Å². The number of carbonyl (C=O) groups is 1. The highest BCUT2D eigenvalue weighted by molar-refractivity contribution is 7.88. The highest BCUT2D eigenvalue weighted by Gasteiger charge is 2.53. The number of amides is 1. The molecule has 3 fully saturated rings. The van der Waals surface area contributed by atoms with Gasteiger partial charge in [0.1, 0.15) is 0 Å². The maximum atomic E-state index is 12.6. The Morgan fingerprint density at radius 2 is 1.88 bits per heavy atom. The molecule has 7 nitrogen and oxygen atoms in total. The van der Waals surface area contributed by atoms with Crippen molar-refractivity contribution in [2.24, 2.45) is 5.92 Å². The summed E-state index contributed by atoms with van der Waals surface area (Å²) in [6.45, 7) is 2.97. The fourth-order valence-corrected chi connectivity index (χ4v) is 5.87. The summed E-state index contributed by atoms with van der Waals surface area (Å²) in [5.74, 6) is 0.149. The average molecular weight is 382 g/mol. The first-order valence-corrected chi connectivity index (χ1v) is 10.3. The highest BCUT2D eigenvalue weighted by Crippen LogP contribution is 2.40. The summed E-state index contributed by atoms with van der Waals surface area (Å²) in [7, 11) is -3.34. The van der Waals surface area contributed by atoms with Crippen molar-refractivity contribution in [3.63, 3.8) is 0 Å². The highest BCUT2D eigenvalue weighted by atomic mass is 35.5. The SMILES string of the molecule is CS(=O)(=O)N1CCC[C@@]12CCN(C(=O)C1CCNCC1)C[C@@H]2O.Cl. The molecule has 3 heterocycles. The lowest BCUT2D eigenvalue weighted by molar-refractivity contribution is -0.143. The normalized spacial score (nSPS) is 32.8. The van der Waals surface area contributed by atoms with Gasteiger partial charge >= 0.3 is 0 Å². The number of nitrogens with zero attached hydrogens (tertiary/aromatic N) is 2. The number of hydrogen-bond donors (Lipinski definition) is 2. The van der Waals surface area contributed by atoms with Crippen LogP contribution in [0.25, 0.3) is 0 Å². The third-order valence-corrected chi connectivity index (χ3v) is 7.04. The molecule has 1 amide bonds. The summed E-state index contributed by atoms with van der Waals surface area (Å²) >= 11 is 0. The quantitative estimate of drug-likeness (QED) is 0.691. The predicted octanol–water partition coefficient (Wildman–Crippen LogP) is -0.205. The van der Waals surface area contributed by atoms with Gasteiger partial charge in [-0.1, -0.05) is 0 Å². The molecule has 9 heteroatoms. The molecule has 3 rings (SSSR count). The number of aliphatic hydroxyl groups excluding tert-OH is 1. The Kier molecular flexibility index (Phi) is 6.18. The number of halogens is 1. The lowest BCUT2D eigenvalue weighted by Gasteiger charge is -2.47. The molecule has 0 radical (unpaired) electrons. The summed E-state index contributed by atoms with van der Waals surface area (Å²) < 4.78 is 25.6. The monoisotopic (exact) mass is 381 g/mol. The van der Waals surface area contributed by atoms with Gasteiger partial charge in [0.05, 0.1) is 17.9 Å². The molecule has 0 aliphatic carbocycles. The molecule has 0 aromatic rings. The fourth-order valence-electron chi connectivity index (χ4n) is 4.45. The van der Waals surface area contributed by atoms with Crippen molar-refractivity contribution < 1.29 is 18.3 Å². The fraction of sp³-hybridized carbons (Fsp3) is 0.933. The Labute approximate surface area is 150 Å². The smallest absolute Gasteiger partial charge is 0.225 e. The maximum Gasteiger partial charge on any atom is 0.225 e. The molecule has 3 aliphatic rings. The van der Waals surface area contributed by atoms with E-state index in [1.54, 1.807) is 4.90 Å². The van der Waals surface area contributed by atoms with Crippen LogP contribution in [0, 0.1) is 5.92 Å². The van der Waals surface area contributed by atoms with E-state index in [4.69, 9.17) is 0 Å². The second kappa shape index (κ2) is 7.45. The van der Waals surface area contributed by atoms with Crippen LogP contribution in [-0.4, -0.2) is 79.3 Å². The van der Waals surface area contributed by atoms with E-state index in [1.165, 1.54) is 10.6 Å². The third-order valence-electron chi connectivity index (χ3n) is 5.70. The number of likely N-dealkylation sites (tertiary alicyclic amines) is 1. The molecule has 140 valence electrons. The number of carbonyl (C=O) groups excluding carboxylic acids is 1. The van der Waals surface area contributed by atoms with Crippen LogP contribution in [0.2, 0.25) is 0 Å². The first-order chi connectivity index (χ1) is 10.8. The predicted molar refractivity (Wildman–Crippen MR) is 93.6 cm³/mol. The van der Waals surface area contributed by atoms with Gasteiger partial charge in [0, 0.05) is 25.6 Å². The number of aliphatic hydroxyl groups is 1. The summed E-state index contributed by atoms with van der Waals surface area (Å²) in [5, 5.41) is 13.9. The molecule has 1 spiro atoms. The van der Waals surface area contributed by atoms with Gasteiger partial charge in [-0.15, -0.1) is 12.4 Å². The van der Waals surface area contributed by atoms with Crippen LogP contribution >= 0.6 is 12.4 Å². The van der Waals surface area contributed by atoms with Gasteiger partial charge in [0.2, 0.25) is 15.9 Å². The Morgan fingerprint density at radius 1 is 1.21 bits per heavy atom. The number of hydrogen-bond acceptors (Lipinski definition) is 5. The topological polar surface area (TPSA) is 90.0 Å². The number of piperidine rings is 2. The van der Waals surface area contributed by atoms with E-state index in [0.29, 0.717) is 25.9 Å². The molecule has 0 unspecified atom stereocenters. The van der Waals surface area contributed by atoms with Crippen LogP contribution in [-0.2, 0) is 14.8 Å². The minimum absolute atomic E-state index is 0. The lowest BCUT2D eigenvalue weighted by atomic mass is 9.83. The minimum Gasteiger partial charge on any atom is -0.389 e. The zero-order valence-electron chi connectivity index (χ0n) is 14.1. The van der Waals surface area contributed by atoms with Crippen molar-refractivity contribution in [3.05, 3.63) is 0 Å².